The van der Waals surface area contributed by atoms with Crippen molar-refractivity contribution in [3.8, 4) is 11.5 Å². The first kappa shape index (κ1) is 17.8. The molecule has 2 aliphatic heterocycles. The smallest absolute Gasteiger partial charge is 0.264 e. The molecule has 1 N–H and O–H groups in total. The highest BCUT2D eigenvalue weighted by Gasteiger charge is 2.50. The van der Waals surface area contributed by atoms with E-state index in [0.29, 0.717) is 53.1 Å². The standard InChI is InChI=1S/C20H18ClNO5/c1-2-22-15-5-4-13(21)10-14(15)20(25,19(22)24)11-16(23)12-3-6-17-18(9-12)27-8-7-26-17/h3-6,9-10,25H,2,7-8,11H2,1H3/t20-/m1/s1. The van der Waals surface area contributed by atoms with Crippen molar-refractivity contribution >= 4 is 29.0 Å². The van der Waals surface area contributed by atoms with Crippen LogP contribution >= 0.6 is 11.6 Å². The summed E-state index contributed by atoms with van der Waals surface area (Å²) in [6.07, 6.45) is -0.380. The molecule has 1 atom stereocenters. The van der Waals surface area contributed by atoms with E-state index in [-0.39, 0.29) is 12.2 Å². The Morgan fingerprint density at radius 1 is 1.19 bits per heavy atom. The molecule has 0 fully saturated rings. The van der Waals surface area contributed by atoms with Crippen molar-refractivity contribution in [3.63, 3.8) is 0 Å². The number of aliphatic hydroxyl groups is 1. The summed E-state index contributed by atoms with van der Waals surface area (Å²) >= 11 is 6.07. The maximum absolute atomic E-state index is 12.9. The monoisotopic (exact) mass is 387 g/mol. The highest BCUT2D eigenvalue weighted by Crippen LogP contribution is 2.44. The first-order valence-corrected chi connectivity index (χ1v) is 9.09. The summed E-state index contributed by atoms with van der Waals surface area (Å²) in [5.74, 6) is 0.165. The number of anilines is 1. The van der Waals surface area contributed by atoms with E-state index in [9.17, 15) is 14.7 Å². The molecule has 0 bridgehead atoms. The van der Waals surface area contributed by atoms with Gasteiger partial charge in [-0.15, -0.1) is 0 Å². The number of ether oxygens (including phenoxy) is 2. The molecule has 2 aromatic carbocycles. The number of ketones is 1. The summed E-state index contributed by atoms with van der Waals surface area (Å²) < 4.78 is 11.0. The number of hydrogen-bond acceptors (Lipinski definition) is 5. The number of nitrogens with zero attached hydrogens (tertiary/aromatic N) is 1. The molecule has 7 heteroatoms. The molecular weight excluding hydrogens is 370 g/mol. The van der Waals surface area contributed by atoms with E-state index in [2.05, 4.69) is 0 Å². The van der Waals surface area contributed by atoms with Gasteiger partial charge in [0.2, 0.25) is 0 Å². The van der Waals surface area contributed by atoms with Crippen molar-refractivity contribution in [2.45, 2.75) is 18.9 Å². The van der Waals surface area contributed by atoms with Gasteiger partial charge >= 0.3 is 0 Å². The van der Waals surface area contributed by atoms with Crippen LogP contribution in [0.3, 0.4) is 0 Å². The SMILES string of the molecule is CCN1C(=O)[C@@](O)(CC(=O)c2ccc3c(c2)OCCO3)c2cc(Cl)ccc21. The lowest BCUT2D eigenvalue weighted by Gasteiger charge is -2.23. The highest BCUT2D eigenvalue weighted by molar-refractivity contribution is 6.31. The van der Waals surface area contributed by atoms with Crippen LogP contribution in [0.15, 0.2) is 36.4 Å². The lowest BCUT2D eigenvalue weighted by molar-refractivity contribution is -0.135. The number of fused-ring (bicyclic) bond motifs is 2. The fourth-order valence-electron chi connectivity index (χ4n) is 3.56. The minimum Gasteiger partial charge on any atom is -0.486 e. The average molecular weight is 388 g/mol. The zero-order valence-corrected chi connectivity index (χ0v) is 15.5. The first-order valence-electron chi connectivity index (χ1n) is 8.71. The van der Waals surface area contributed by atoms with Gasteiger partial charge in [0.25, 0.3) is 5.91 Å². The zero-order valence-electron chi connectivity index (χ0n) is 14.7. The van der Waals surface area contributed by atoms with Crippen LogP contribution in [0.5, 0.6) is 11.5 Å². The quantitative estimate of drug-likeness (QED) is 0.816. The summed E-state index contributed by atoms with van der Waals surface area (Å²) in [7, 11) is 0. The molecule has 0 saturated heterocycles. The van der Waals surface area contributed by atoms with E-state index in [4.69, 9.17) is 21.1 Å². The molecule has 0 unspecified atom stereocenters. The molecule has 2 heterocycles. The van der Waals surface area contributed by atoms with Gasteiger partial charge in [-0.1, -0.05) is 11.6 Å². The molecule has 2 aliphatic rings. The molecule has 0 saturated carbocycles. The van der Waals surface area contributed by atoms with E-state index in [0.717, 1.165) is 0 Å². The van der Waals surface area contributed by atoms with E-state index in [1.165, 1.54) is 4.90 Å². The first-order chi connectivity index (χ1) is 12.9. The molecule has 140 valence electrons. The number of halogens is 1. The molecule has 4 rings (SSSR count). The lowest BCUT2D eigenvalue weighted by atomic mass is 9.88. The summed E-state index contributed by atoms with van der Waals surface area (Å²) in [4.78, 5) is 27.2. The van der Waals surface area contributed by atoms with Gasteiger partial charge in [-0.2, -0.15) is 0 Å². The van der Waals surface area contributed by atoms with Crippen molar-refractivity contribution < 1.29 is 24.2 Å². The molecule has 1 amide bonds. The maximum atomic E-state index is 12.9. The minimum absolute atomic E-state index is 0.346. The predicted molar refractivity (Wildman–Crippen MR) is 99.8 cm³/mol. The number of rotatable bonds is 4. The molecule has 0 aromatic heterocycles. The third-order valence-corrected chi connectivity index (χ3v) is 5.13. The van der Waals surface area contributed by atoms with Crippen LogP contribution in [0.4, 0.5) is 5.69 Å². The number of hydrogen-bond donors (Lipinski definition) is 1. The lowest BCUT2D eigenvalue weighted by Crippen LogP contribution is -2.41. The second-order valence-corrected chi connectivity index (χ2v) is 6.97. The van der Waals surface area contributed by atoms with Gasteiger partial charge in [0.05, 0.1) is 12.1 Å². The second kappa shape index (κ2) is 6.55. The highest BCUT2D eigenvalue weighted by atomic mass is 35.5. The van der Waals surface area contributed by atoms with Gasteiger partial charge in [-0.3, -0.25) is 9.59 Å². The number of carbonyl (C=O) groups excluding carboxylic acids is 2. The van der Waals surface area contributed by atoms with Crippen LogP contribution in [-0.2, 0) is 10.4 Å². The van der Waals surface area contributed by atoms with Gasteiger partial charge in [0.15, 0.2) is 22.9 Å². The van der Waals surface area contributed by atoms with Crippen molar-refractivity contribution in [1.29, 1.82) is 0 Å². The Bertz CT molecular complexity index is 944. The van der Waals surface area contributed by atoms with E-state index < -0.39 is 11.5 Å². The largest absolute Gasteiger partial charge is 0.486 e. The normalized spacial score (nSPS) is 20.6. The number of Topliss-reactive ketones (excluding diaryl/α,β-unsaturated/α-hetero) is 1. The van der Waals surface area contributed by atoms with Crippen molar-refractivity contribution in [2.75, 3.05) is 24.7 Å². The van der Waals surface area contributed by atoms with Crippen LogP contribution in [0.1, 0.15) is 29.3 Å². The number of carbonyl (C=O) groups is 2. The molecule has 6 nitrogen and oxygen atoms in total. The van der Waals surface area contributed by atoms with Crippen LogP contribution in [0.2, 0.25) is 5.02 Å². The maximum Gasteiger partial charge on any atom is 0.264 e. The summed E-state index contributed by atoms with van der Waals surface area (Å²) in [5.41, 5.74) is -0.670. The van der Waals surface area contributed by atoms with Crippen LogP contribution in [0, 0.1) is 0 Å². The molecule has 0 aliphatic carbocycles. The van der Waals surface area contributed by atoms with Gasteiger partial charge in [-0.05, 0) is 43.3 Å². The third kappa shape index (κ3) is 2.85. The number of amides is 1. The number of likely N-dealkylation sites (N-methyl/N-ethyl adjacent to an activating group) is 1. The molecule has 2 aromatic rings. The summed E-state index contributed by atoms with van der Waals surface area (Å²) in [6.45, 7) is 3.06. The molecule has 0 radical (unpaired) electrons. The minimum atomic E-state index is -1.94. The summed E-state index contributed by atoms with van der Waals surface area (Å²) in [6, 6.07) is 9.73. The topological polar surface area (TPSA) is 76.1 Å². The Hall–Kier alpha value is -2.57. The fourth-order valence-corrected chi connectivity index (χ4v) is 3.73. The zero-order chi connectivity index (χ0) is 19.2. The average Bonchev–Trinajstić information content (AvgIpc) is 2.88. The van der Waals surface area contributed by atoms with Gasteiger partial charge in [0, 0.05) is 22.7 Å². The Balaban J connectivity index is 1.68. The van der Waals surface area contributed by atoms with Gasteiger partial charge in [-0.25, -0.2) is 0 Å². The summed E-state index contributed by atoms with van der Waals surface area (Å²) in [5, 5.41) is 11.6. The van der Waals surface area contributed by atoms with Crippen LogP contribution in [-0.4, -0.2) is 36.6 Å². The Morgan fingerprint density at radius 3 is 2.67 bits per heavy atom. The van der Waals surface area contributed by atoms with Gasteiger partial charge in [0.1, 0.15) is 13.2 Å². The number of benzene rings is 2. The van der Waals surface area contributed by atoms with Crippen molar-refractivity contribution in [1.82, 2.24) is 0 Å². The van der Waals surface area contributed by atoms with Crippen LogP contribution < -0.4 is 14.4 Å². The molecule has 0 spiro atoms. The molecular formula is C20H18ClNO5. The van der Waals surface area contributed by atoms with E-state index in [1.54, 1.807) is 36.4 Å². The third-order valence-electron chi connectivity index (χ3n) is 4.89. The van der Waals surface area contributed by atoms with Crippen molar-refractivity contribution in [3.05, 3.63) is 52.5 Å². The fraction of sp³-hybridized carbons (Fsp3) is 0.300. The second-order valence-electron chi connectivity index (χ2n) is 6.53. The Kier molecular flexibility index (Phi) is 4.32. The van der Waals surface area contributed by atoms with E-state index in [1.807, 2.05) is 6.92 Å². The Labute approximate surface area is 161 Å². The van der Waals surface area contributed by atoms with Crippen LogP contribution in [0.25, 0.3) is 0 Å². The van der Waals surface area contributed by atoms with E-state index >= 15 is 0 Å². The predicted octanol–water partition coefficient (Wildman–Crippen LogP) is 2.94. The Morgan fingerprint density at radius 2 is 1.93 bits per heavy atom. The molecule has 27 heavy (non-hydrogen) atoms. The van der Waals surface area contributed by atoms with Crippen molar-refractivity contribution in [2.24, 2.45) is 0 Å². The van der Waals surface area contributed by atoms with Gasteiger partial charge < -0.3 is 19.5 Å².